The summed E-state index contributed by atoms with van der Waals surface area (Å²) in [5.74, 6) is 0.790. The summed E-state index contributed by atoms with van der Waals surface area (Å²) in [4.78, 5) is 12.3. The van der Waals surface area contributed by atoms with Crippen LogP contribution >= 0.6 is 27.5 Å². The first kappa shape index (κ1) is 15.8. The molecule has 1 fully saturated rings. The Kier molecular flexibility index (Phi) is 5.91. The van der Waals surface area contributed by atoms with Crippen molar-refractivity contribution in [3.8, 4) is 0 Å². The Morgan fingerprint density at radius 2 is 2.05 bits per heavy atom. The molecule has 1 aromatic carbocycles. The van der Waals surface area contributed by atoms with Crippen molar-refractivity contribution < 1.29 is 4.79 Å². The Balaban J connectivity index is 1.91. The van der Waals surface area contributed by atoms with E-state index in [1.807, 2.05) is 12.1 Å². The van der Waals surface area contributed by atoms with Gasteiger partial charge < -0.3 is 5.32 Å². The van der Waals surface area contributed by atoms with Crippen LogP contribution in [0.4, 0.5) is 0 Å². The summed E-state index contributed by atoms with van der Waals surface area (Å²) < 4.78 is 0.762. The van der Waals surface area contributed by atoms with E-state index < -0.39 is 0 Å². The van der Waals surface area contributed by atoms with Gasteiger partial charge in [-0.05, 0) is 59.7 Å². The summed E-state index contributed by atoms with van der Waals surface area (Å²) in [6.45, 7) is 2.24. The topological polar surface area (TPSA) is 29.1 Å². The third kappa shape index (κ3) is 3.98. The zero-order valence-corrected chi connectivity index (χ0v) is 14.1. The van der Waals surface area contributed by atoms with Crippen molar-refractivity contribution in [1.29, 1.82) is 0 Å². The average Bonchev–Trinajstić information content (AvgIpc) is 2.44. The molecule has 0 aliphatic heterocycles. The van der Waals surface area contributed by atoms with Crippen LogP contribution in [-0.4, -0.2) is 11.9 Å². The molecule has 2 nitrogen and oxygen atoms in total. The number of amides is 1. The summed E-state index contributed by atoms with van der Waals surface area (Å²) >= 11 is 9.52. The Hall–Kier alpha value is -0.540. The molecule has 0 heterocycles. The average molecular weight is 359 g/mol. The predicted molar refractivity (Wildman–Crippen MR) is 87.3 cm³/mol. The van der Waals surface area contributed by atoms with Crippen molar-refractivity contribution in [2.24, 2.45) is 5.92 Å². The lowest BCUT2D eigenvalue weighted by Crippen LogP contribution is -2.37. The number of carbonyl (C=O) groups is 1. The molecule has 0 spiro atoms. The summed E-state index contributed by atoms with van der Waals surface area (Å²) in [6.07, 6.45) is 7.20. The predicted octanol–water partition coefficient (Wildman–Crippen LogP) is 5.19. The summed E-state index contributed by atoms with van der Waals surface area (Å²) in [6, 6.07) is 5.74. The third-order valence-corrected chi connectivity index (χ3v) is 5.37. The highest BCUT2D eigenvalue weighted by Crippen LogP contribution is 2.29. The van der Waals surface area contributed by atoms with E-state index in [1.54, 1.807) is 6.07 Å². The number of carbonyl (C=O) groups excluding carboxylic acids is 1. The van der Waals surface area contributed by atoms with Crippen LogP contribution in [0.5, 0.6) is 0 Å². The summed E-state index contributed by atoms with van der Waals surface area (Å²) in [7, 11) is 0. The van der Waals surface area contributed by atoms with Gasteiger partial charge in [0.15, 0.2) is 0 Å². The number of hydrogen-bond acceptors (Lipinski definition) is 1. The molecule has 0 aromatic heterocycles. The first-order valence-corrected chi connectivity index (χ1v) is 8.53. The zero-order valence-electron chi connectivity index (χ0n) is 11.8. The molecule has 1 aliphatic carbocycles. The van der Waals surface area contributed by atoms with Crippen LogP contribution in [0.25, 0.3) is 0 Å². The molecule has 1 aliphatic rings. The van der Waals surface area contributed by atoms with Crippen LogP contribution in [-0.2, 0) is 0 Å². The van der Waals surface area contributed by atoms with Gasteiger partial charge >= 0.3 is 0 Å². The second-order valence-electron chi connectivity index (χ2n) is 5.58. The lowest BCUT2D eigenvalue weighted by atomic mass is 9.83. The molecule has 1 amide bonds. The van der Waals surface area contributed by atoms with Crippen LogP contribution in [0.15, 0.2) is 22.7 Å². The van der Waals surface area contributed by atoms with Gasteiger partial charge in [-0.3, -0.25) is 4.79 Å². The minimum Gasteiger partial charge on any atom is -0.349 e. The number of nitrogens with one attached hydrogen (secondary N) is 1. The van der Waals surface area contributed by atoms with E-state index in [0.717, 1.165) is 23.2 Å². The molecule has 0 atom stereocenters. The quantitative estimate of drug-likeness (QED) is 0.788. The molecule has 110 valence electrons. The second kappa shape index (κ2) is 7.46. The fourth-order valence-electron chi connectivity index (χ4n) is 2.95. The van der Waals surface area contributed by atoms with Gasteiger partial charge in [-0.15, -0.1) is 0 Å². The molecule has 1 N–H and O–H groups in total. The smallest absolute Gasteiger partial charge is 0.253 e. The van der Waals surface area contributed by atoms with Crippen LogP contribution in [0.2, 0.25) is 5.02 Å². The maximum atomic E-state index is 12.3. The monoisotopic (exact) mass is 357 g/mol. The Morgan fingerprint density at radius 3 is 2.70 bits per heavy atom. The van der Waals surface area contributed by atoms with E-state index in [4.69, 9.17) is 11.6 Å². The number of hydrogen-bond donors (Lipinski definition) is 1. The minimum absolute atomic E-state index is 0.0600. The van der Waals surface area contributed by atoms with Crippen molar-refractivity contribution in [1.82, 2.24) is 5.32 Å². The molecular weight excluding hydrogens is 338 g/mol. The van der Waals surface area contributed by atoms with Crippen LogP contribution in [0, 0.1) is 5.92 Å². The van der Waals surface area contributed by atoms with Gasteiger partial charge in [-0.25, -0.2) is 0 Å². The molecule has 2 rings (SSSR count). The van der Waals surface area contributed by atoms with E-state index in [1.165, 1.54) is 25.7 Å². The molecule has 0 bridgehead atoms. The highest BCUT2D eigenvalue weighted by atomic mass is 79.9. The van der Waals surface area contributed by atoms with Crippen molar-refractivity contribution in [3.05, 3.63) is 33.3 Å². The lowest BCUT2D eigenvalue weighted by molar-refractivity contribution is 0.0921. The zero-order chi connectivity index (χ0) is 14.5. The van der Waals surface area contributed by atoms with Gasteiger partial charge in [0, 0.05) is 10.5 Å². The molecule has 4 heteroatoms. The molecule has 0 radical (unpaired) electrons. The van der Waals surface area contributed by atoms with Gasteiger partial charge in [0.05, 0.1) is 10.6 Å². The van der Waals surface area contributed by atoms with Crippen LogP contribution in [0.1, 0.15) is 55.8 Å². The van der Waals surface area contributed by atoms with E-state index >= 15 is 0 Å². The fraction of sp³-hybridized carbons (Fsp3) is 0.562. The molecule has 1 aromatic rings. The summed E-state index contributed by atoms with van der Waals surface area (Å²) in [5.41, 5.74) is 0.553. The standard InChI is InChI=1S/C16H21BrClNO/c1-2-4-11-7-9-12(10-8-11)19-16(20)13-5-3-6-14(17)15(13)18/h3,5-6,11-12H,2,4,7-10H2,1H3,(H,19,20). The van der Waals surface area contributed by atoms with E-state index in [2.05, 4.69) is 28.2 Å². The van der Waals surface area contributed by atoms with Crippen molar-refractivity contribution in [3.63, 3.8) is 0 Å². The number of halogens is 2. The molecule has 1 saturated carbocycles. The first-order valence-electron chi connectivity index (χ1n) is 7.36. The van der Waals surface area contributed by atoms with E-state index in [-0.39, 0.29) is 5.91 Å². The number of benzene rings is 1. The maximum absolute atomic E-state index is 12.3. The van der Waals surface area contributed by atoms with Gasteiger partial charge in [0.2, 0.25) is 0 Å². The highest BCUT2D eigenvalue weighted by molar-refractivity contribution is 9.10. The first-order chi connectivity index (χ1) is 9.61. The number of rotatable bonds is 4. The maximum Gasteiger partial charge on any atom is 0.253 e. The Labute approximate surface area is 134 Å². The van der Waals surface area contributed by atoms with Gasteiger partial charge in [-0.2, -0.15) is 0 Å². The Bertz CT molecular complexity index is 470. The molecule has 0 saturated heterocycles. The molecule has 20 heavy (non-hydrogen) atoms. The van der Waals surface area contributed by atoms with Gasteiger partial charge in [-0.1, -0.05) is 37.4 Å². The minimum atomic E-state index is -0.0600. The third-order valence-electron chi connectivity index (χ3n) is 4.08. The lowest BCUT2D eigenvalue weighted by Gasteiger charge is -2.29. The van der Waals surface area contributed by atoms with Crippen LogP contribution < -0.4 is 5.32 Å². The largest absolute Gasteiger partial charge is 0.349 e. The summed E-state index contributed by atoms with van der Waals surface area (Å²) in [5, 5.41) is 3.61. The molecule has 0 unspecified atom stereocenters. The van der Waals surface area contributed by atoms with Gasteiger partial charge in [0.1, 0.15) is 0 Å². The van der Waals surface area contributed by atoms with Crippen molar-refractivity contribution >= 4 is 33.4 Å². The highest BCUT2D eigenvalue weighted by Gasteiger charge is 2.23. The second-order valence-corrected chi connectivity index (χ2v) is 6.81. The molecular formula is C16H21BrClNO. The van der Waals surface area contributed by atoms with E-state index in [9.17, 15) is 4.79 Å². The van der Waals surface area contributed by atoms with E-state index in [0.29, 0.717) is 16.6 Å². The van der Waals surface area contributed by atoms with Crippen molar-refractivity contribution in [2.75, 3.05) is 0 Å². The SMILES string of the molecule is CCCC1CCC(NC(=O)c2cccc(Br)c2Cl)CC1. The normalized spacial score (nSPS) is 22.6. The van der Waals surface area contributed by atoms with Crippen molar-refractivity contribution in [2.45, 2.75) is 51.5 Å². The van der Waals surface area contributed by atoms with Gasteiger partial charge in [0.25, 0.3) is 5.91 Å². The van der Waals surface area contributed by atoms with Crippen LogP contribution in [0.3, 0.4) is 0 Å². The Morgan fingerprint density at radius 1 is 1.35 bits per heavy atom. The fourth-order valence-corrected chi connectivity index (χ4v) is 3.52.